The van der Waals surface area contributed by atoms with E-state index in [9.17, 15) is 4.79 Å². The standard InChI is InChI=1S/C24H25Cl2N3O3/c1-16-6-8-18(9-7-16)31-15-20-17(2)32-27-23(20)24(30)29-12-10-28(11-13-29)14-19-21(25)4-3-5-22(19)26/h3-9H,10-15H2,1-2H3. The first-order chi connectivity index (χ1) is 15.4. The van der Waals surface area contributed by atoms with Crippen molar-refractivity contribution in [3.63, 3.8) is 0 Å². The Balaban J connectivity index is 1.37. The lowest BCUT2D eigenvalue weighted by Gasteiger charge is -2.34. The molecule has 2 heterocycles. The molecule has 0 unspecified atom stereocenters. The summed E-state index contributed by atoms with van der Waals surface area (Å²) in [5, 5.41) is 5.35. The molecule has 1 aliphatic rings. The molecule has 0 aliphatic carbocycles. The van der Waals surface area contributed by atoms with Gasteiger partial charge in [-0.25, -0.2) is 0 Å². The quantitative estimate of drug-likeness (QED) is 0.496. The van der Waals surface area contributed by atoms with E-state index < -0.39 is 0 Å². The maximum Gasteiger partial charge on any atom is 0.276 e. The number of hydrogen-bond donors (Lipinski definition) is 0. The third kappa shape index (κ3) is 5.09. The monoisotopic (exact) mass is 473 g/mol. The van der Waals surface area contributed by atoms with Crippen molar-refractivity contribution in [3.05, 3.63) is 80.7 Å². The Hall–Kier alpha value is -2.54. The molecule has 1 aliphatic heterocycles. The number of nitrogens with zero attached hydrogens (tertiary/aromatic N) is 3. The lowest BCUT2D eigenvalue weighted by atomic mass is 10.1. The molecule has 0 saturated carbocycles. The van der Waals surface area contributed by atoms with Crippen molar-refractivity contribution in [2.75, 3.05) is 26.2 Å². The zero-order valence-electron chi connectivity index (χ0n) is 18.1. The van der Waals surface area contributed by atoms with Gasteiger partial charge in [0.05, 0.1) is 5.56 Å². The van der Waals surface area contributed by atoms with Gasteiger partial charge in [0.1, 0.15) is 18.1 Å². The Morgan fingerprint density at radius 3 is 2.31 bits per heavy atom. The van der Waals surface area contributed by atoms with E-state index in [1.54, 1.807) is 11.8 Å². The first-order valence-corrected chi connectivity index (χ1v) is 11.3. The van der Waals surface area contributed by atoms with Crippen LogP contribution in [0.1, 0.15) is 32.9 Å². The average molecular weight is 474 g/mol. The zero-order chi connectivity index (χ0) is 22.7. The molecule has 32 heavy (non-hydrogen) atoms. The molecule has 0 atom stereocenters. The molecule has 168 valence electrons. The maximum absolute atomic E-state index is 13.2. The highest BCUT2D eigenvalue weighted by Crippen LogP contribution is 2.26. The van der Waals surface area contributed by atoms with Gasteiger partial charge in [0, 0.05) is 48.3 Å². The van der Waals surface area contributed by atoms with Crippen LogP contribution >= 0.6 is 23.2 Å². The summed E-state index contributed by atoms with van der Waals surface area (Å²) < 4.78 is 11.2. The van der Waals surface area contributed by atoms with Crippen molar-refractivity contribution in [1.29, 1.82) is 0 Å². The maximum atomic E-state index is 13.2. The van der Waals surface area contributed by atoms with Gasteiger partial charge < -0.3 is 14.2 Å². The summed E-state index contributed by atoms with van der Waals surface area (Å²) in [6.45, 7) is 7.31. The second kappa shape index (κ2) is 9.94. The third-order valence-electron chi connectivity index (χ3n) is 5.69. The highest BCUT2D eigenvalue weighted by atomic mass is 35.5. The second-order valence-corrected chi connectivity index (χ2v) is 8.75. The van der Waals surface area contributed by atoms with Gasteiger partial charge in [0.15, 0.2) is 5.69 Å². The number of aryl methyl sites for hydroxylation is 2. The molecule has 1 fully saturated rings. The number of piperazine rings is 1. The molecule has 0 spiro atoms. The van der Waals surface area contributed by atoms with Crippen LogP contribution in [0, 0.1) is 13.8 Å². The Morgan fingerprint density at radius 1 is 1.00 bits per heavy atom. The summed E-state index contributed by atoms with van der Waals surface area (Å²) in [6.07, 6.45) is 0. The first kappa shape index (κ1) is 22.6. The molecule has 1 aromatic heterocycles. The normalized spacial score (nSPS) is 14.6. The van der Waals surface area contributed by atoms with Crippen molar-refractivity contribution in [2.24, 2.45) is 0 Å². The summed E-state index contributed by atoms with van der Waals surface area (Å²) in [7, 11) is 0. The molecule has 8 heteroatoms. The van der Waals surface area contributed by atoms with Crippen molar-refractivity contribution >= 4 is 29.1 Å². The van der Waals surface area contributed by atoms with Crippen molar-refractivity contribution < 1.29 is 14.1 Å². The number of hydrogen-bond acceptors (Lipinski definition) is 5. The Kier molecular flexibility index (Phi) is 7.04. The average Bonchev–Trinajstić information content (AvgIpc) is 3.16. The minimum absolute atomic E-state index is 0.139. The molecule has 1 saturated heterocycles. The number of aromatic nitrogens is 1. The predicted molar refractivity (Wildman–Crippen MR) is 124 cm³/mol. The molecule has 0 radical (unpaired) electrons. The fourth-order valence-corrected chi connectivity index (χ4v) is 4.20. The van der Waals surface area contributed by atoms with Crippen LogP contribution in [0.25, 0.3) is 0 Å². The summed E-state index contributed by atoms with van der Waals surface area (Å²) >= 11 is 12.6. The minimum atomic E-state index is -0.139. The van der Waals surface area contributed by atoms with Gasteiger partial charge in [-0.2, -0.15) is 0 Å². The first-order valence-electron chi connectivity index (χ1n) is 10.5. The predicted octanol–water partition coefficient (Wildman–Crippen LogP) is 5.14. The van der Waals surface area contributed by atoms with E-state index in [2.05, 4.69) is 10.1 Å². The molecule has 4 rings (SSSR count). The number of halogens is 2. The SMILES string of the molecule is Cc1ccc(OCc2c(C(=O)N3CCN(Cc4c(Cl)cccc4Cl)CC3)noc2C)cc1. The van der Waals surface area contributed by atoms with Crippen molar-refractivity contribution in [3.8, 4) is 5.75 Å². The molecule has 0 N–H and O–H groups in total. The van der Waals surface area contributed by atoms with E-state index >= 15 is 0 Å². The summed E-state index contributed by atoms with van der Waals surface area (Å²) in [5.74, 6) is 1.19. The third-order valence-corrected chi connectivity index (χ3v) is 6.40. The van der Waals surface area contributed by atoms with E-state index in [1.807, 2.05) is 49.4 Å². The molecule has 2 aromatic carbocycles. The van der Waals surface area contributed by atoms with Crippen LogP contribution in [-0.4, -0.2) is 47.0 Å². The number of carbonyl (C=O) groups excluding carboxylic acids is 1. The van der Waals surface area contributed by atoms with Gasteiger partial charge in [0.2, 0.25) is 0 Å². The lowest BCUT2D eigenvalue weighted by Crippen LogP contribution is -2.48. The van der Waals surface area contributed by atoms with Gasteiger partial charge in [-0.15, -0.1) is 0 Å². The summed E-state index contributed by atoms with van der Waals surface area (Å²) in [5.41, 5.74) is 3.07. The van der Waals surface area contributed by atoms with Crippen LogP contribution in [0.15, 0.2) is 47.0 Å². The van der Waals surface area contributed by atoms with Crippen molar-refractivity contribution in [2.45, 2.75) is 27.0 Å². The van der Waals surface area contributed by atoms with Crippen LogP contribution in [0.3, 0.4) is 0 Å². The van der Waals surface area contributed by atoms with Crippen LogP contribution in [0.5, 0.6) is 5.75 Å². The minimum Gasteiger partial charge on any atom is -0.489 e. The highest BCUT2D eigenvalue weighted by Gasteiger charge is 2.28. The highest BCUT2D eigenvalue weighted by molar-refractivity contribution is 6.35. The van der Waals surface area contributed by atoms with E-state index in [-0.39, 0.29) is 12.5 Å². The smallest absolute Gasteiger partial charge is 0.276 e. The van der Waals surface area contributed by atoms with Gasteiger partial charge in [0.25, 0.3) is 5.91 Å². The summed E-state index contributed by atoms with van der Waals surface area (Å²) in [4.78, 5) is 17.2. The topological polar surface area (TPSA) is 58.8 Å². The molecule has 1 amide bonds. The largest absolute Gasteiger partial charge is 0.489 e. The van der Waals surface area contributed by atoms with E-state index in [1.165, 1.54) is 0 Å². The summed E-state index contributed by atoms with van der Waals surface area (Å²) in [6, 6.07) is 13.3. The van der Waals surface area contributed by atoms with E-state index in [4.69, 9.17) is 32.5 Å². The molecular weight excluding hydrogens is 449 g/mol. The zero-order valence-corrected chi connectivity index (χ0v) is 19.6. The Bertz CT molecular complexity index is 1070. The van der Waals surface area contributed by atoms with Gasteiger partial charge in [-0.05, 0) is 38.1 Å². The fourth-order valence-electron chi connectivity index (χ4n) is 3.68. The van der Waals surface area contributed by atoms with Crippen molar-refractivity contribution in [1.82, 2.24) is 15.0 Å². The van der Waals surface area contributed by atoms with Gasteiger partial charge in [-0.1, -0.05) is 52.1 Å². The number of ether oxygens (including phenoxy) is 1. The van der Waals surface area contributed by atoms with Gasteiger partial charge in [-0.3, -0.25) is 9.69 Å². The molecular formula is C24H25Cl2N3O3. The second-order valence-electron chi connectivity index (χ2n) is 7.94. The van der Waals surface area contributed by atoms with E-state index in [0.717, 1.165) is 30.0 Å². The van der Waals surface area contributed by atoms with Crippen LogP contribution < -0.4 is 4.74 Å². The van der Waals surface area contributed by atoms with E-state index in [0.29, 0.717) is 46.7 Å². The Morgan fingerprint density at radius 2 is 1.66 bits per heavy atom. The molecule has 3 aromatic rings. The number of benzene rings is 2. The van der Waals surface area contributed by atoms with Crippen LogP contribution in [-0.2, 0) is 13.2 Å². The van der Waals surface area contributed by atoms with Crippen LogP contribution in [0.4, 0.5) is 0 Å². The van der Waals surface area contributed by atoms with Gasteiger partial charge >= 0.3 is 0 Å². The number of rotatable bonds is 6. The van der Waals surface area contributed by atoms with Crippen LogP contribution in [0.2, 0.25) is 10.0 Å². The molecule has 0 bridgehead atoms. The lowest BCUT2D eigenvalue weighted by molar-refractivity contribution is 0.0616. The molecule has 6 nitrogen and oxygen atoms in total. The fraction of sp³-hybridized carbons (Fsp3) is 0.333. The Labute approximate surface area is 197 Å². The number of amides is 1. The number of carbonyl (C=O) groups is 1.